The average Bonchev–Trinajstić information content (AvgIpc) is 2.90. The van der Waals surface area contributed by atoms with Gasteiger partial charge in [0.2, 0.25) is 0 Å². The lowest BCUT2D eigenvalue weighted by Crippen LogP contribution is -2.25. The van der Waals surface area contributed by atoms with Crippen molar-refractivity contribution in [1.82, 2.24) is 15.5 Å². The van der Waals surface area contributed by atoms with E-state index in [1.165, 1.54) is 44.1 Å². The number of hydrogen-bond acceptors (Lipinski definition) is 3. The molecule has 1 heterocycles. The minimum absolute atomic E-state index is 0.456. The molecular weight excluding hydrogens is 234 g/mol. The van der Waals surface area contributed by atoms with Crippen molar-refractivity contribution >= 4 is 0 Å². The van der Waals surface area contributed by atoms with Crippen molar-refractivity contribution in [3.8, 4) is 0 Å². The molecule has 0 spiro atoms. The molecule has 0 saturated heterocycles. The summed E-state index contributed by atoms with van der Waals surface area (Å²) < 4.78 is 0. The molecule has 1 saturated carbocycles. The van der Waals surface area contributed by atoms with Crippen LogP contribution in [0.3, 0.4) is 0 Å². The summed E-state index contributed by atoms with van der Waals surface area (Å²) in [5.74, 6) is 0.891. The van der Waals surface area contributed by atoms with Gasteiger partial charge in [0.15, 0.2) is 0 Å². The normalized spacial score (nSPS) is 17.8. The maximum atomic E-state index is 4.29. The smallest absolute Gasteiger partial charge is 0.0648 e. The van der Waals surface area contributed by atoms with Crippen LogP contribution >= 0.6 is 0 Å². The van der Waals surface area contributed by atoms with Crippen LogP contribution in [-0.4, -0.2) is 16.7 Å². The highest BCUT2D eigenvalue weighted by Gasteiger charge is 2.22. The first kappa shape index (κ1) is 14.4. The van der Waals surface area contributed by atoms with E-state index >= 15 is 0 Å². The molecule has 19 heavy (non-hydrogen) atoms. The fourth-order valence-corrected chi connectivity index (χ4v) is 3.14. The van der Waals surface area contributed by atoms with Gasteiger partial charge in [0.25, 0.3) is 0 Å². The molecule has 1 N–H and O–H groups in total. The summed E-state index contributed by atoms with van der Waals surface area (Å²) >= 11 is 0. The van der Waals surface area contributed by atoms with Crippen molar-refractivity contribution in [2.75, 3.05) is 6.54 Å². The van der Waals surface area contributed by atoms with Gasteiger partial charge in [0.1, 0.15) is 0 Å². The van der Waals surface area contributed by atoms with Gasteiger partial charge in [-0.05, 0) is 50.8 Å². The van der Waals surface area contributed by atoms with Gasteiger partial charge in [-0.1, -0.05) is 32.6 Å². The Kier molecular flexibility index (Phi) is 5.32. The Morgan fingerprint density at radius 2 is 2.00 bits per heavy atom. The zero-order valence-electron chi connectivity index (χ0n) is 12.6. The largest absolute Gasteiger partial charge is 0.310 e. The van der Waals surface area contributed by atoms with E-state index < -0.39 is 0 Å². The van der Waals surface area contributed by atoms with Crippen molar-refractivity contribution in [3.63, 3.8) is 0 Å². The van der Waals surface area contributed by atoms with Crippen molar-refractivity contribution in [2.45, 2.75) is 65.3 Å². The number of aryl methyl sites for hydroxylation is 2. The number of hydrogen-bond donors (Lipinski definition) is 1. The molecule has 0 aromatic carbocycles. The van der Waals surface area contributed by atoms with Crippen molar-refractivity contribution in [3.05, 3.63) is 23.0 Å². The standard InChI is InChI=1S/C16H27N3/c1-4-9-17-16(11-14-7-5-6-8-14)15-10-12(2)18-19-13(15)3/h10,14,16-17H,4-9,11H2,1-3H3. The molecule has 1 aliphatic carbocycles. The Hall–Kier alpha value is -0.960. The molecule has 0 bridgehead atoms. The maximum absolute atomic E-state index is 4.29. The van der Waals surface area contributed by atoms with Crippen LogP contribution in [0.2, 0.25) is 0 Å². The molecule has 3 heteroatoms. The monoisotopic (exact) mass is 261 g/mol. The highest BCUT2D eigenvalue weighted by molar-refractivity contribution is 5.23. The lowest BCUT2D eigenvalue weighted by molar-refractivity contribution is 0.392. The lowest BCUT2D eigenvalue weighted by Gasteiger charge is -2.23. The van der Waals surface area contributed by atoms with E-state index in [1.807, 2.05) is 6.92 Å². The first-order valence-corrected chi connectivity index (χ1v) is 7.75. The molecule has 0 amide bonds. The molecular formula is C16H27N3. The van der Waals surface area contributed by atoms with E-state index in [1.54, 1.807) is 0 Å². The Bertz CT molecular complexity index is 397. The van der Waals surface area contributed by atoms with E-state index in [0.717, 1.165) is 23.9 Å². The third-order valence-electron chi connectivity index (χ3n) is 4.20. The summed E-state index contributed by atoms with van der Waals surface area (Å²) in [5, 5.41) is 12.2. The quantitative estimate of drug-likeness (QED) is 0.848. The van der Waals surface area contributed by atoms with Crippen LogP contribution in [0.1, 0.15) is 68.4 Å². The van der Waals surface area contributed by atoms with Crippen LogP contribution in [0.5, 0.6) is 0 Å². The molecule has 1 aliphatic rings. The van der Waals surface area contributed by atoms with Gasteiger partial charge < -0.3 is 5.32 Å². The van der Waals surface area contributed by atoms with Crippen LogP contribution in [0, 0.1) is 19.8 Å². The number of nitrogens with zero attached hydrogens (tertiary/aromatic N) is 2. The predicted molar refractivity (Wildman–Crippen MR) is 79.1 cm³/mol. The molecule has 3 nitrogen and oxygen atoms in total. The zero-order chi connectivity index (χ0) is 13.7. The van der Waals surface area contributed by atoms with Gasteiger partial charge in [-0.3, -0.25) is 0 Å². The van der Waals surface area contributed by atoms with Gasteiger partial charge in [-0.15, -0.1) is 0 Å². The molecule has 2 rings (SSSR count). The highest BCUT2D eigenvalue weighted by Crippen LogP contribution is 2.33. The Morgan fingerprint density at radius 1 is 1.26 bits per heavy atom. The van der Waals surface area contributed by atoms with Crippen LogP contribution in [-0.2, 0) is 0 Å². The van der Waals surface area contributed by atoms with E-state index in [0.29, 0.717) is 6.04 Å². The predicted octanol–water partition coefficient (Wildman–Crippen LogP) is 3.71. The second-order valence-electron chi connectivity index (χ2n) is 5.92. The maximum Gasteiger partial charge on any atom is 0.0648 e. The molecule has 1 aromatic rings. The SMILES string of the molecule is CCCNC(CC1CCCC1)c1cc(C)nnc1C. The van der Waals surface area contributed by atoms with E-state index in [2.05, 4.69) is 35.4 Å². The van der Waals surface area contributed by atoms with Gasteiger partial charge in [-0.25, -0.2) is 0 Å². The van der Waals surface area contributed by atoms with Crippen LogP contribution in [0.25, 0.3) is 0 Å². The summed E-state index contributed by atoms with van der Waals surface area (Å²) in [6, 6.07) is 2.67. The summed E-state index contributed by atoms with van der Waals surface area (Å²) in [4.78, 5) is 0. The van der Waals surface area contributed by atoms with Crippen molar-refractivity contribution < 1.29 is 0 Å². The first-order chi connectivity index (χ1) is 9.20. The molecule has 1 fully saturated rings. The average molecular weight is 261 g/mol. The fraction of sp³-hybridized carbons (Fsp3) is 0.750. The Balaban J connectivity index is 2.12. The third-order valence-corrected chi connectivity index (χ3v) is 4.20. The Labute approximate surface area is 117 Å². The first-order valence-electron chi connectivity index (χ1n) is 7.75. The molecule has 0 radical (unpaired) electrons. The van der Waals surface area contributed by atoms with E-state index in [4.69, 9.17) is 0 Å². The lowest BCUT2D eigenvalue weighted by atomic mass is 9.92. The summed E-state index contributed by atoms with van der Waals surface area (Å²) in [7, 11) is 0. The van der Waals surface area contributed by atoms with Gasteiger partial charge in [-0.2, -0.15) is 10.2 Å². The van der Waals surface area contributed by atoms with Crippen LogP contribution in [0.15, 0.2) is 6.07 Å². The minimum Gasteiger partial charge on any atom is -0.310 e. The highest BCUT2D eigenvalue weighted by atomic mass is 15.1. The van der Waals surface area contributed by atoms with Gasteiger partial charge in [0.05, 0.1) is 11.4 Å². The topological polar surface area (TPSA) is 37.8 Å². The third kappa shape index (κ3) is 4.00. The molecule has 1 aromatic heterocycles. The Morgan fingerprint density at radius 3 is 2.68 bits per heavy atom. The summed E-state index contributed by atoms with van der Waals surface area (Å²) in [6.07, 6.45) is 8.07. The van der Waals surface area contributed by atoms with E-state index in [-0.39, 0.29) is 0 Å². The zero-order valence-corrected chi connectivity index (χ0v) is 12.6. The second kappa shape index (κ2) is 6.99. The molecule has 1 atom stereocenters. The number of aromatic nitrogens is 2. The summed E-state index contributed by atoms with van der Waals surface area (Å²) in [6.45, 7) is 7.42. The van der Waals surface area contributed by atoms with Gasteiger partial charge >= 0.3 is 0 Å². The fourth-order valence-electron chi connectivity index (χ4n) is 3.14. The second-order valence-corrected chi connectivity index (χ2v) is 5.92. The van der Waals surface area contributed by atoms with Gasteiger partial charge in [0, 0.05) is 6.04 Å². The summed E-state index contributed by atoms with van der Waals surface area (Å²) in [5.41, 5.74) is 3.46. The number of nitrogens with one attached hydrogen (secondary N) is 1. The van der Waals surface area contributed by atoms with E-state index in [9.17, 15) is 0 Å². The molecule has 1 unspecified atom stereocenters. The van der Waals surface area contributed by atoms with Crippen molar-refractivity contribution in [2.24, 2.45) is 5.92 Å². The van der Waals surface area contributed by atoms with Crippen molar-refractivity contribution in [1.29, 1.82) is 0 Å². The van der Waals surface area contributed by atoms with Crippen LogP contribution < -0.4 is 5.32 Å². The van der Waals surface area contributed by atoms with Crippen LogP contribution in [0.4, 0.5) is 0 Å². The number of rotatable bonds is 6. The minimum atomic E-state index is 0.456. The molecule has 106 valence electrons. The molecule has 0 aliphatic heterocycles.